The number of carbonyl (C=O) groups is 3. The van der Waals surface area contributed by atoms with E-state index >= 15 is 0 Å². The first-order valence-corrected chi connectivity index (χ1v) is 7.87. The Labute approximate surface area is 144 Å². The third-order valence-corrected chi connectivity index (χ3v) is 4.17. The summed E-state index contributed by atoms with van der Waals surface area (Å²) in [7, 11) is 1.30. The predicted molar refractivity (Wildman–Crippen MR) is 87.5 cm³/mol. The van der Waals surface area contributed by atoms with Crippen LogP contribution >= 0.6 is 0 Å². The molecule has 0 saturated carbocycles. The van der Waals surface area contributed by atoms with Crippen molar-refractivity contribution in [2.24, 2.45) is 0 Å². The molecule has 2 aliphatic heterocycles. The first-order chi connectivity index (χ1) is 11.9. The molecule has 3 rings (SSSR count). The van der Waals surface area contributed by atoms with E-state index in [-0.39, 0.29) is 19.0 Å². The first kappa shape index (κ1) is 17.0. The molecule has 0 aliphatic carbocycles. The van der Waals surface area contributed by atoms with Crippen molar-refractivity contribution in [3.63, 3.8) is 0 Å². The predicted octanol–water partition coefficient (Wildman–Crippen LogP) is 0.304. The number of β-amino-alcohol motifs (C(OH)–C–C–N with tert-alkyl or cyclic N) is 1. The number of benzene rings is 1. The summed E-state index contributed by atoms with van der Waals surface area (Å²) in [4.78, 5) is 37.7. The van der Waals surface area contributed by atoms with Gasteiger partial charge in [0.2, 0.25) is 0 Å². The van der Waals surface area contributed by atoms with Gasteiger partial charge in [0, 0.05) is 6.54 Å². The van der Waals surface area contributed by atoms with Crippen molar-refractivity contribution in [2.45, 2.75) is 19.1 Å². The van der Waals surface area contributed by atoms with Crippen molar-refractivity contribution in [2.75, 3.05) is 20.2 Å². The number of aliphatic hydroxyl groups is 1. The Bertz CT molecular complexity index is 754. The van der Waals surface area contributed by atoms with Crippen LogP contribution in [0.1, 0.15) is 28.9 Å². The molecule has 3 amide bonds. The van der Waals surface area contributed by atoms with Crippen molar-refractivity contribution in [1.82, 2.24) is 15.5 Å². The molecule has 8 nitrogen and oxygen atoms in total. The van der Waals surface area contributed by atoms with E-state index in [9.17, 15) is 19.5 Å². The van der Waals surface area contributed by atoms with Crippen LogP contribution in [0.2, 0.25) is 0 Å². The van der Waals surface area contributed by atoms with Gasteiger partial charge >= 0.3 is 12.0 Å². The first-order valence-electron chi connectivity index (χ1n) is 7.87. The second-order valence-electron chi connectivity index (χ2n) is 6.07. The number of aliphatic hydroxyl groups excluding tert-OH is 1. The maximum Gasteiger partial charge on any atom is 0.337 e. The largest absolute Gasteiger partial charge is 0.465 e. The van der Waals surface area contributed by atoms with Crippen LogP contribution in [0.3, 0.4) is 0 Å². The summed E-state index contributed by atoms with van der Waals surface area (Å²) in [5.41, 5.74) is 2.05. The molecular formula is C17H19N3O5. The molecule has 0 bridgehead atoms. The van der Waals surface area contributed by atoms with Gasteiger partial charge in [-0.1, -0.05) is 12.1 Å². The number of esters is 1. The Morgan fingerprint density at radius 3 is 2.64 bits per heavy atom. The van der Waals surface area contributed by atoms with Crippen molar-refractivity contribution in [3.05, 3.63) is 46.7 Å². The summed E-state index contributed by atoms with van der Waals surface area (Å²) < 4.78 is 4.66. The molecule has 3 N–H and O–H groups in total. The van der Waals surface area contributed by atoms with Crippen molar-refractivity contribution < 1.29 is 24.2 Å². The second-order valence-corrected chi connectivity index (χ2v) is 6.07. The maximum atomic E-state index is 12.7. The number of hydrogen-bond donors (Lipinski definition) is 3. The molecule has 2 aliphatic rings. The highest BCUT2D eigenvalue weighted by atomic mass is 16.5. The molecular weight excluding hydrogens is 326 g/mol. The van der Waals surface area contributed by atoms with Gasteiger partial charge in [0.05, 0.1) is 42.6 Å². The molecule has 0 fully saturated rings. The molecule has 132 valence electrons. The average Bonchev–Trinajstić information content (AvgIpc) is 2.88. The van der Waals surface area contributed by atoms with E-state index in [1.165, 1.54) is 12.0 Å². The van der Waals surface area contributed by atoms with Gasteiger partial charge in [-0.3, -0.25) is 4.79 Å². The van der Waals surface area contributed by atoms with Gasteiger partial charge in [0.15, 0.2) is 0 Å². The van der Waals surface area contributed by atoms with Crippen LogP contribution in [0.15, 0.2) is 35.5 Å². The van der Waals surface area contributed by atoms with Gasteiger partial charge in [-0.15, -0.1) is 0 Å². The molecule has 0 unspecified atom stereocenters. The van der Waals surface area contributed by atoms with Crippen LogP contribution in [0.5, 0.6) is 0 Å². The Hall–Kier alpha value is -2.87. The van der Waals surface area contributed by atoms with Crippen LogP contribution in [0.25, 0.3) is 0 Å². The Morgan fingerprint density at radius 1 is 1.36 bits per heavy atom. The number of ether oxygens (including phenoxy) is 1. The number of amides is 3. The smallest absolute Gasteiger partial charge is 0.337 e. The zero-order valence-corrected chi connectivity index (χ0v) is 13.9. The average molecular weight is 345 g/mol. The van der Waals surface area contributed by atoms with E-state index in [4.69, 9.17) is 0 Å². The summed E-state index contributed by atoms with van der Waals surface area (Å²) in [6, 6.07) is 5.52. The van der Waals surface area contributed by atoms with Crippen LogP contribution in [0, 0.1) is 0 Å². The minimum absolute atomic E-state index is 0.190. The second kappa shape index (κ2) is 6.56. The summed E-state index contributed by atoms with van der Waals surface area (Å²) >= 11 is 0. The van der Waals surface area contributed by atoms with Gasteiger partial charge in [-0.05, 0) is 24.6 Å². The SMILES string of the molecule is COC(=O)c1ccc([C@H]2NC(=O)NC3=C2C(=O)N(C[C@@H](C)O)C3)cc1. The summed E-state index contributed by atoms with van der Waals surface area (Å²) in [6.07, 6.45) is -0.660. The standard InChI is InChI=1S/C17H19N3O5/c1-9(21)7-20-8-12-13(15(20)22)14(19-17(24)18-12)10-3-5-11(6-4-10)16(23)25-2/h3-6,9,14,21H,7-8H2,1-2H3,(H2,18,19,24)/t9-,14-/m1/s1. The summed E-state index contributed by atoms with van der Waals surface area (Å²) in [5, 5.41) is 14.9. The summed E-state index contributed by atoms with van der Waals surface area (Å²) in [5.74, 6) is -0.689. The third-order valence-electron chi connectivity index (χ3n) is 4.17. The highest BCUT2D eigenvalue weighted by Crippen LogP contribution is 2.32. The van der Waals surface area contributed by atoms with E-state index in [2.05, 4.69) is 15.4 Å². The van der Waals surface area contributed by atoms with Crippen LogP contribution < -0.4 is 10.6 Å². The highest BCUT2D eigenvalue weighted by molar-refractivity contribution is 6.01. The fourth-order valence-corrected chi connectivity index (χ4v) is 3.07. The number of methoxy groups -OCH3 is 1. The zero-order valence-electron chi connectivity index (χ0n) is 13.9. The number of nitrogens with one attached hydrogen (secondary N) is 2. The van der Waals surface area contributed by atoms with E-state index < -0.39 is 24.1 Å². The number of hydrogen-bond acceptors (Lipinski definition) is 5. The molecule has 0 aromatic heterocycles. The molecule has 0 radical (unpaired) electrons. The van der Waals surface area contributed by atoms with E-state index in [1.54, 1.807) is 31.2 Å². The van der Waals surface area contributed by atoms with Crippen LogP contribution in [-0.4, -0.2) is 54.2 Å². The number of rotatable bonds is 4. The maximum absolute atomic E-state index is 12.7. The van der Waals surface area contributed by atoms with Gasteiger partial charge in [-0.25, -0.2) is 9.59 Å². The van der Waals surface area contributed by atoms with Crippen LogP contribution in [0.4, 0.5) is 4.79 Å². The van der Waals surface area contributed by atoms with E-state index in [0.717, 1.165) is 0 Å². The topological polar surface area (TPSA) is 108 Å². The lowest BCUT2D eigenvalue weighted by Crippen LogP contribution is -2.44. The molecule has 0 saturated heterocycles. The zero-order chi connectivity index (χ0) is 18.1. The Morgan fingerprint density at radius 2 is 2.04 bits per heavy atom. The molecule has 0 spiro atoms. The molecule has 8 heteroatoms. The minimum Gasteiger partial charge on any atom is -0.465 e. The lowest BCUT2D eigenvalue weighted by molar-refractivity contribution is -0.126. The third kappa shape index (κ3) is 3.20. The Balaban J connectivity index is 1.90. The minimum atomic E-state index is -0.660. The molecule has 25 heavy (non-hydrogen) atoms. The fourth-order valence-electron chi connectivity index (χ4n) is 3.07. The monoisotopic (exact) mass is 345 g/mol. The summed E-state index contributed by atoms with van der Waals surface area (Å²) in [6.45, 7) is 2.05. The Kier molecular flexibility index (Phi) is 4.45. The quantitative estimate of drug-likeness (QED) is 0.681. The van der Waals surface area contributed by atoms with Gasteiger partial charge in [-0.2, -0.15) is 0 Å². The lowest BCUT2D eigenvalue weighted by Gasteiger charge is -2.25. The van der Waals surface area contributed by atoms with Gasteiger partial charge < -0.3 is 25.4 Å². The molecule has 1 aromatic rings. The van der Waals surface area contributed by atoms with E-state index in [0.29, 0.717) is 22.4 Å². The number of urea groups is 1. The lowest BCUT2D eigenvalue weighted by atomic mass is 9.95. The molecule has 2 heterocycles. The number of nitrogens with zero attached hydrogens (tertiary/aromatic N) is 1. The normalized spacial score (nSPS) is 20.8. The van der Waals surface area contributed by atoms with Crippen molar-refractivity contribution >= 4 is 17.9 Å². The van der Waals surface area contributed by atoms with Gasteiger partial charge in [0.1, 0.15) is 0 Å². The van der Waals surface area contributed by atoms with Crippen molar-refractivity contribution in [3.8, 4) is 0 Å². The molecule has 2 atom stereocenters. The van der Waals surface area contributed by atoms with Crippen molar-refractivity contribution in [1.29, 1.82) is 0 Å². The number of carbonyl (C=O) groups excluding carboxylic acids is 3. The van der Waals surface area contributed by atoms with E-state index in [1.807, 2.05) is 0 Å². The molecule has 1 aromatic carbocycles. The highest BCUT2D eigenvalue weighted by Gasteiger charge is 2.40. The van der Waals surface area contributed by atoms with Crippen LogP contribution in [-0.2, 0) is 9.53 Å². The fraction of sp³-hybridized carbons (Fsp3) is 0.353. The van der Waals surface area contributed by atoms with Gasteiger partial charge in [0.25, 0.3) is 5.91 Å².